The molecule has 8 rings (SSSR count). The van der Waals surface area contributed by atoms with Crippen LogP contribution in [0.4, 0.5) is 17.1 Å². The van der Waals surface area contributed by atoms with Crippen LogP contribution in [0, 0.1) is 6.92 Å². The van der Waals surface area contributed by atoms with Crippen LogP contribution in [0.5, 0.6) is 0 Å². The Morgan fingerprint density at radius 2 is 1.55 bits per heavy atom. The number of fused-ring (bicyclic) bond motifs is 7. The largest absolute Gasteiger partial charge is 0.469 e. The predicted octanol–water partition coefficient (Wildman–Crippen LogP) is 8.58. The minimum Gasteiger partial charge on any atom is -0.469 e. The minimum absolute atomic E-state index is 0.0377. The predicted molar refractivity (Wildman–Crippen MR) is 188 cm³/mol. The minimum atomic E-state index is 0.0377. The summed E-state index contributed by atoms with van der Waals surface area (Å²) in [5.41, 5.74) is 14.8. The quantitative estimate of drug-likeness (QED) is 0.215. The third kappa shape index (κ3) is 3.99. The molecule has 0 saturated carbocycles. The summed E-state index contributed by atoms with van der Waals surface area (Å²) in [6, 6.07) is 35.0. The Labute approximate surface area is 259 Å². The molecule has 2 aromatic heterocycles. The zero-order chi connectivity index (χ0) is 30.3. The van der Waals surface area contributed by atoms with E-state index in [1.54, 1.807) is 0 Å². The maximum atomic E-state index is 6.65. The van der Waals surface area contributed by atoms with Crippen molar-refractivity contribution in [2.24, 2.45) is 0 Å². The van der Waals surface area contributed by atoms with E-state index in [0.717, 1.165) is 39.3 Å². The van der Waals surface area contributed by atoms with Crippen molar-refractivity contribution in [3.63, 3.8) is 0 Å². The van der Waals surface area contributed by atoms with Gasteiger partial charge in [-0.25, -0.2) is 0 Å². The third-order valence-corrected chi connectivity index (χ3v) is 9.11. The molecule has 5 heteroatoms. The van der Waals surface area contributed by atoms with E-state index >= 15 is 0 Å². The Bertz CT molecular complexity index is 2250. The van der Waals surface area contributed by atoms with E-state index in [4.69, 9.17) is 4.42 Å². The highest BCUT2D eigenvalue weighted by molar-refractivity contribution is 6.73. The summed E-state index contributed by atoms with van der Waals surface area (Å²) >= 11 is 0. The molecule has 0 amide bonds. The second-order valence-electron chi connectivity index (χ2n) is 13.3. The maximum Gasteiger partial charge on any atom is 0.247 e. The average molecular weight is 573 g/mol. The second-order valence-corrected chi connectivity index (χ2v) is 13.3. The van der Waals surface area contributed by atoms with Crippen molar-refractivity contribution in [3.05, 3.63) is 108 Å². The van der Waals surface area contributed by atoms with Crippen LogP contribution in [-0.4, -0.2) is 25.9 Å². The van der Waals surface area contributed by atoms with Crippen LogP contribution in [0.2, 0.25) is 0 Å². The van der Waals surface area contributed by atoms with Crippen LogP contribution < -0.4 is 21.3 Å². The molecule has 1 aliphatic rings. The van der Waals surface area contributed by atoms with Gasteiger partial charge in [-0.15, -0.1) is 0 Å². The van der Waals surface area contributed by atoms with Gasteiger partial charge in [0.2, 0.25) is 7.28 Å². The Balaban J connectivity index is 1.39. The molecule has 0 unspecified atom stereocenters. The highest BCUT2D eigenvalue weighted by atomic mass is 16.3. The van der Waals surface area contributed by atoms with Gasteiger partial charge in [0, 0.05) is 58.4 Å². The maximum absolute atomic E-state index is 6.65. The van der Waals surface area contributed by atoms with Gasteiger partial charge in [0.25, 0.3) is 0 Å². The fourth-order valence-electron chi connectivity index (χ4n) is 6.84. The van der Waals surface area contributed by atoms with E-state index in [9.17, 15) is 0 Å². The highest BCUT2D eigenvalue weighted by Gasteiger charge is 2.31. The van der Waals surface area contributed by atoms with Crippen LogP contribution in [-0.2, 0) is 5.41 Å². The lowest BCUT2D eigenvalue weighted by atomic mass is 9.62. The molecule has 215 valence electrons. The zero-order valence-electron chi connectivity index (χ0n) is 26.1. The fraction of sp³-hybridized carbons (Fsp3) is 0.179. The van der Waals surface area contributed by atoms with Crippen LogP contribution in [0.3, 0.4) is 0 Å². The summed E-state index contributed by atoms with van der Waals surface area (Å²) in [6.45, 7) is 9.05. The lowest BCUT2D eigenvalue weighted by Gasteiger charge is -2.22. The van der Waals surface area contributed by atoms with Crippen molar-refractivity contribution in [1.82, 2.24) is 4.57 Å². The van der Waals surface area contributed by atoms with Gasteiger partial charge in [-0.1, -0.05) is 69.3 Å². The molecule has 4 nitrogen and oxygen atoms in total. The molecule has 7 aromatic rings. The number of nitrogens with one attached hydrogen (secondary N) is 1. The molecule has 1 aliphatic heterocycles. The fourth-order valence-corrected chi connectivity index (χ4v) is 6.84. The van der Waals surface area contributed by atoms with E-state index in [2.05, 4.69) is 161 Å². The van der Waals surface area contributed by atoms with Gasteiger partial charge in [0.1, 0.15) is 5.58 Å². The molecular weight excluding hydrogens is 537 g/mol. The number of para-hydroxylation sites is 2. The van der Waals surface area contributed by atoms with Gasteiger partial charge in [-0.2, -0.15) is 0 Å². The van der Waals surface area contributed by atoms with E-state index in [-0.39, 0.29) is 5.41 Å². The van der Waals surface area contributed by atoms with Crippen LogP contribution >= 0.6 is 0 Å². The molecule has 0 fully saturated rings. The normalized spacial score (nSPS) is 12.5. The summed E-state index contributed by atoms with van der Waals surface area (Å²) in [6.07, 6.45) is 0. The Morgan fingerprint density at radius 3 is 2.32 bits per heavy atom. The van der Waals surface area contributed by atoms with Gasteiger partial charge < -0.3 is 19.2 Å². The lowest BCUT2D eigenvalue weighted by Crippen LogP contribution is -2.36. The van der Waals surface area contributed by atoms with E-state index in [0.29, 0.717) is 0 Å². The van der Waals surface area contributed by atoms with Crippen molar-refractivity contribution in [2.45, 2.75) is 33.1 Å². The molecule has 5 aromatic carbocycles. The molecule has 0 bridgehead atoms. The number of anilines is 3. The number of hydrogen-bond donors (Lipinski definition) is 1. The molecule has 1 radical (unpaired) electrons. The summed E-state index contributed by atoms with van der Waals surface area (Å²) in [5.74, 6) is 0. The number of hydrogen-bond acceptors (Lipinski definition) is 3. The number of aryl methyl sites for hydroxylation is 1. The van der Waals surface area contributed by atoms with Crippen molar-refractivity contribution in [1.29, 1.82) is 0 Å². The summed E-state index contributed by atoms with van der Waals surface area (Å²) in [7, 11) is 6.40. The van der Waals surface area contributed by atoms with Crippen LogP contribution in [0.25, 0.3) is 49.6 Å². The first-order valence-corrected chi connectivity index (χ1v) is 15.3. The van der Waals surface area contributed by atoms with E-state index in [1.807, 2.05) is 0 Å². The average Bonchev–Trinajstić information content (AvgIpc) is 3.55. The smallest absolute Gasteiger partial charge is 0.247 e. The van der Waals surface area contributed by atoms with Gasteiger partial charge in [0.05, 0.1) is 16.9 Å². The molecule has 44 heavy (non-hydrogen) atoms. The zero-order valence-corrected chi connectivity index (χ0v) is 26.1. The highest BCUT2D eigenvalue weighted by Crippen LogP contribution is 2.41. The van der Waals surface area contributed by atoms with Crippen molar-refractivity contribution < 1.29 is 4.42 Å². The molecule has 0 atom stereocenters. The van der Waals surface area contributed by atoms with E-state index < -0.39 is 0 Å². The van der Waals surface area contributed by atoms with Crippen molar-refractivity contribution in [2.75, 3.05) is 24.3 Å². The first kappa shape index (κ1) is 26.7. The standard InChI is InChI=1S/C39H35BN3O/c1-23-21-29(27-11-7-9-13-31(27)41-25-16-18-26(19-17-25)42(5)6)35-37-34(23)28-12-8-10-14-32(28)43(37)36-30-22-24(39(2,3)4)15-20-33(30)44-38(36)40-35/h7-22,41H,1-6H3. The number of furan rings is 1. The van der Waals surface area contributed by atoms with Gasteiger partial charge in [0.15, 0.2) is 0 Å². The first-order valence-electron chi connectivity index (χ1n) is 15.3. The van der Waals surface area contributed by atoms with Crippen molar-refractivity contribution >= 4 is 68.2 Å². The van der Waals surface area contributed by atoms with Crippen LogP contribution in [0.1, 0.15) is 31.9 Å². The first-order chi connectivity index (χ1) is 21.2. The Morgan fingerprint density at radius 1 is 0.795 bits per heavy atom. The molecule has 1 N–H and O–H groups in total. The molecule has 0 saturated heterocycles. The Hall–Kier alpha value is -4.90. The monoisotopic (exact) mass is 572 g/mol. The van der Waals surface area contributed by atoms with Gasteiger partial charge in [-0.05, 0) is 83.0 Å². The number of nitrogens with zero attached hydrogens (tertiary/aromatic N) is 2. The summed E-state index contributed by atoms with van der Waals surface area (Å²) < 4.78 is 9.10. The van der Waals surface area contributed by atoms with E-state index in [1.165, 1.54) is 49.6 Å². The Kier molecular flexibility index (Phi) is 5.80. The van der Waals surface area contributed by atoms with Crippen LogP contribution in [0.15, 0.2) is 101 Å². The van der Waals surface area contributed by atoms with Gasteiger partial charge in [-0.3, -0.25) is 0 Å². The summed E-state index contributed by atoms with van der Waals surface area (Å²) in [5, 5.41) is 7.43. The third-order valence-electron chi connectivity index (χ3n) is 9.11. The summed E-state index contributed by atoms with van der Waals surface area (Å²) in [4.78, 5) is 2.12. The van der Waals surface area contributed by atoms with Crippen molar-refractivity contribution in [3.8, 4) is 16.8 Å². The number of benzene rings is 5. The topological polar surface area (TPSA) is 33.3 Å². The SMILES string of the molecule is Cc1cc(-c2ccccc2Nc2ccc(N(C)C)cc2)c2c3c1c1ccccc1n3-c1c(oc3ccc(C(C)(C)C)cc13)[B]2. The molecular formula is C39H35BN3O. The van der Waals surface area contributed by atoms with Gasteiger partial charge >= 0.3 is 0 Å². The molecule has 3 heterocycles. The number of aromatic nitrogens is 1. The molecule has 0 aliphatic carbocycles. The molecule has 0 spiro atoms. The number of rotatable bonds is 4. The lowest BCUT2D eigenvalue weighted by molar-refractivity contribution is 0.590. The second kappa shape index (κ2) is 9.55.